The van der Waals surface area contributed by atoms with E-state index in [9.17, 15) is 0 Å². The maximum atomic E-state index is 5.54. The molecule has 0 radical (unpaired) electrons. The van der Waals surface area contributed by atoms with Crippen molar-refractivity contribution in [1.82, 2.24) is 24.8 Å². The van der Waals surface area contributed by atoms with Crippen molar-refractivity contribution in [3.63, 3.8) is 0 Å². The maximum absolute atomic E-state index is 5.54. The quantitative estimate of drug-likeness (QED) is 0.849. The molecule has 2 fully saturated rings. The van der Waals surface area contributed by atoms with Crippen LogP contribution in [0.1, 0.15) is 67.7 Å². The summed E-state index contributed by atoms with van der Waals surface area (Å²) in [5.41, 5.74) is 2.32. The van der Waals surface area contributed by atoms with E-state index < -0.39 is 0 Å². The van der Waals surface area contributed by atoms with Gasteiger partial charge in [0.1, 0.15) is 0 Å². The Hall–Kier alpha value is -1.69. The Bertz CT molecular complexity index is 687. The average molecular weight is 315 g/mol. The minimum Gasteiger partial charge on any atom is -0.338 e. The number of nitrogens with zero attached hydrogens (tertiary/aromatic N) is 5. The molecule has 1 saturated carbocycles. The summed E-state index contributed by atoms with van der Waals surface area (Å²) in [6, 6.07) is 2.81. The zero-order valence-corrected chi connectivity index (χ0v) is 14.2. The van der Waals surface area contributed by atoms with Crippen LogP contribution in [0.15, 0.2) is 10.6 Å². The molecule has 3 heterocycles. The highest BCUT2D eigenvalue weighted by molar-refractivity contribution is 5.08. The number of rotatable bonds is 5. The summed E-state index contributed by atoms with van der Waals surface area (Å²) in [6.07, 6.45) is 4.83. The molecule has 4 rings (SSSR count). The third-order valence-corrected chi connectivity index (χ3v) is 5.16. The molecule has 0 aromatic carbocycles. The van der Waals surface area contributed by atoms with Gasteiger partial charge in [-0.15, -0.1) is 0 Å². The highest BCUT2D eigenvalue weighted by atomic mass is 16.5. The lowest BCUT2D eigenvalue weighted by molar-refractivity contribution is 0.144. The normalized spacial score (nSPS) is 23.5. The highest BCUT2D eigenvalue weighted by Crippen LogP contribution is 2.39. The van der Waals surface area contributed by atoms with Crippen LogP contribution in [0.25, 0.3) is 0 Å². The lowest BCUT2D eigenvalue weighted by Crippen LogP contribution is -2.35. The Kier molecular flexibility index (Phi) is 3.71. The lowest BCUT2D eigenvalue weighted by atomic mass is 10.2. The van der Waals surface area contributed by atoms with Gasteiger partial charge in [0.2, 0.25) is 5.89 Å². The zero-order valence-electron chi connectivity index (χ0n) is 14.2. The number of likely N-dealkylation sites (tertiary alicyclic amines) is 1. The van der Waals surface area contributed by atoms with E-state index >= 15 is 0 Å². The molecule has 0 bridgehead atoms. The minimum atomic E-state index is 0.180. The number of hydrogen-bond donors (Lipinski definition) is 0. The van der Waals surface area contributed by atoms with Gasteiger partial charge in [-0.3, -0.25) is 9.58 Å². The third-order valence-electron chi connectivity index (χ3n) is 5.16. The minimum absolute atomic E-state index is 0.180. The standard InChI is InChI=1S/C17H25N5O/c1-11-9-12(2)22(19-11)10-15-5-4-8-21(15)13(3)17-18-16(20-23-17)14-6-7-14/h9,13-15H,4-8,10H2,1-3H3/t13-,15-/m1/s1. The van der Waals surface area contributed by atoms with Crippen LogP contribution >= 0.6 is 0 Å². The van der Waals surface area contributed by atoms with E-state index in [1.54, 1.807) is 0 Å². The van der Waals surface area contributed by atoms with Gasteiger partial charge in [-0.1, -0.05) is 5.16 Å². The van der Waals surface area contributed by atoms with Gasteiger partial charge in [0.05, 0.1) is 18.3 Å². The van der Waals surface area contributed by atoms with Gasteiger partial charge >= 0.3 is 0 Å². The molecular formula is C17H25N5O. The van der Waals surface area contributed by atoms with Crippen molar-refractivity contribution in [2.24, 2.45) is 0 Å². The Balaban J connectivity index is 1.48. The largest absolute Gasteiger partial charge is 0.338 e. The Morgan fingerprint density at radius 1 is 1.30 bits per heavy atom. The van der Waals surface area contributed by atoms with E-state index in [0.717, 1.165) is 30.5 Å². The van der Waals surface area contributed by atoms with Crippen LogP contribution in [0.5, 0.6) is 0 Å². The summed E-state index contributed by atoms with van der Waals surface area (Å²) >= 11 is 0. The fraction of sp³-hybridized carbons (Fsp3) is 0.706. The Labute approximate surface area is 136 Å². The predicted molar refractivity (Wildman–Crippen MR) is 86.1 cm³/mol. The van der Waals surface area contributed by atoms with E-state index in [0.29, 0.717) is 12.0 Å². The number of aromatic nitrogens is 4. The molecule has 6 heteroatoms. The molecule has 1 saturated heterocycles. The van der Waals surface area contributed by atoms with Crippen LogP contribution in [0.3, 0.4) is 0 Å². The van der Waals surface area contributed by atoms with Crippen LogP contribution < -0.4 is 0 Å². The second-order valence-corrected chi connectivity index (χ2v) is 7.08. The van der Waals surface area contributed by atoms with Crippen molar-refractivity contribution in [2.45, 2.75) is 71.0 Å². The van der Waals surface area contributed by atoms with Crippen molar-refractivity contribution in [3.05, 3.63) is 29.2 Å². The molecule has 2 atom stereocenters. The van der Waals surface area contributed by atoms with Gasteiger partial charge < -0.3 is 4.52 Å². The predicted octanol–water partition coefficient (Wildman–Crippen LogP) is 2.99. The molecule has 124 valence electrons. The van der Waals surface area contributed by atoms with Gasteiger partial charge in [-0.05, 0) is 59.1 Å². The maximum Gasteiger partial charge on any atom is 0.243 e. The van der Waals surface area contributed by atoms with Crippen molar-refractivity contribution < 1.29 is 4.52 Å². The molecule has 6 nitrogen and oxygen atoms in total. The molecule has 2 aliphatic rings. The summed E-state index contributed by atoms with van der Waals surface area (Å²) in [4.78, 5) is 7.14. The van der Waals surface area contributed by atoms with E-state index in [2.05, 4.69) is 51.7 Å². The van der Waals surface area contributed by atoms with Gasteiger partial charge in [-0.2, -0.15) is 10.1 Å². The molecule has 0 unspecified atom stereocenters. The highest BCUT2D eigenvalue weighted by Gasteiger charge is 2.34. The van der Waals surface area contributed by atoms with Crippen LogP contribution in [-0.4, -0.2) is 37.4 Å². The topological polar surface area (TPSA) is 60.0 Å². The molecule has 1 aliphatic heterocycles. The van der Waals surface area contributed by atoms with Crippen LogP contribution in [0.4, 0.5) is 0 Å². The van der Waals surface area contributed by atoms with Gasteiger partial charge in [0.25, 0.3) is 0 Å². The molecule has 0 N–H and O–H groups in total. The second-order valence-electron chi connectivity index (χ2n) is 7.08. The summed E-state index contributed by atoms with van der Waals surface area (Å²) in [5, 5.41) is 8.78. The van der Waals surface area contributed by atoms with Crippen molar-refractivity contribution in [1.29, 1.82) is 0 Å². The van der Waals surface area contributed by atoms with E-state index in [1.165, 1.54) is 31.4 Å². The molecule has 0 amide bonds. The second kappa shape index (κ2) is 5.74. The average Bonchev–Trinajstić information content (AvgIpc) is 2.95. The SMILES string of the molecule is Cc1cc(C)n(C[C@H]2CCCN2[C@H](C)c2nc(C3CC3)no2)n1. The first-order chi connectivity index (χ1) is 11.1. The molecule has 0 spiro atoms. The van der Waals surface area contributed by atoms with Gasteiger partial charge in [0.15, 0.2) is 5.82 Å². The molecule has 2 aromatic heterocycles. The molecular weight excluding hydrogens is 290 g/mol. The monoisotopic (exact) mass is 315 g/mol. The molecule has 23 heavy (non-hydrogen) atoms. The van der Waals surface area contributed by atoms with Crippen LogP contribution in [0, 0.1) is 13.8 Å². The molecule has 2 aromatic rings. The van der Waals surface area contributed by atoms with Gasteiger partial charge in [0, 0.05) is 17.7 Å². The zero-order chi connectivity index (χ0) is 16.0. The first-order valence-corrected chi connectivity index (χ1v) is 8.72. The first kappa shape index (κ1) is 14.9. The summed E-state index contributed by atoms with van der Waals surface area (Å²) < 4.78 is 7.67. The Morgan fingerprint density at radius 2 is 2.13 bits per heavy atom. The number of aryl methyl sites for hydroxylation is 2. The summed E-state index contributed by atoms with van der Waals surface area (Å²) in [5.74, 6) is 2.22. The lowest BCUT2D eigenvalue weighted by Gasteiger charge is -2.28. The van der Waals surface area contributed by atoms with Crippen molar-refractivity contribution >= 4 is 0 Å². The number of hydrogen-bond acceptors (Lipinski definition) is 5. The third kappa shape index (κ3) is 2.92. The fourth-order valence-corrected chi connectivity index (χ4v) is 3.69. The first-order valence-electron chi connectivity index (χ1n) is 8.72. The van der Waals surface area contributed by atoms with Gasteiger partial charge in [-0.25, -0.2) is 0 Å². The summed E-state index contributed by atoms with van der Waals surface area (Å²) in [7, 11) is 0. The summed E-state index contributed by atoms with van der Waals surface area (Å²) in [6.45, 7) is 8.39. The van der Waals surface area contributed by atoms with E-state index in [4.69, 9.17) is 4.52 Å². The van der Waals surface area contributed by atoms with Crippen molar-refractivity contribution in [2.75, 3.05) is 6.54 Å². The van der Waals surface area contributed by atoms with Crippen LogP contribution in [0.2, 0.25) is 0 Å². The van der Waals surface area contributed by atoms with E-state index in [-0.39, 0.29) is 6.04 Å². The fourth-order valence-electron chi connectivity index (χ4n) is 3.69. The van der Waals surface area contributed by atoms with Crippen LogP contribution in [-0.2, 0) is 6.54 Å². The molecule has 1 aliphatic carbocycles. The van der Waals surface area contributed by atoms with E-state index in [1.807, 2.05) is 0 Å². The smallest absolute Gasteiger partial charge is 0.243 e. The Morgan fingerprint density at radius 3 is 2.83 bits per heavy atom. The van der Waals surface area contributed by atoms with Crippen molar-refractivity contribution in [3.8, 4) is 0 Å².